The fraction of sp³-hybridized carbons (Fsp3) is 0.222. The van der Waals surface area contributed by atoms with Crippen molar-refractivity contribution in [3.63, 3.8) is 0 Å². The Hall–Kier alpha value is -3.73. The summed E-state index contributed by atoms with van der Waals surface area (Å²) in [6.45, 7) is 5.09. The maximum Gasteiger partial charge on any atom is 0.254 e. The average Bonchev–Trinajstić information content (AvgIpc) is 3.40. The Balaban J connectivity index is 1.28. The molecule has 1 heterocycles. The number of aliphatic hydroxyl groups is 1. The van der Waals surface area contributed by atoms with Crippen molar-refractivity contribution in [3.8, 4) is 17.2 Å². The molecule has 3 aromatic carbocycles. The van der Waals surface area contributed by atoms with Crippen molar-refractivity contribution in [1.82, 2.24) is 4.90 Å². The van der Waals surface area contributed by atoms with Crippen molar-refractivity contribution in [1.29, 1.82) is 0 Å². The Morgan fingerprint density at radius 3 is 2.50 bits per heavy atom. The zero-order chi connectivity index (χ0) is 22.3. The smallest absolute Gasteiger partial charge is 0.254 e. The highest BCUT2D eigenvalue weighted by Gasteiger charge is 2.42. The van der Waals surface area contributed by atoms with Gasteiger partial charge in [-0.25, -0.2) is 0 Å². The molecule has 32 heavy (non-hydrogen) atoms. The molecule has 0 aromatic heterocycles. The van der Waals surface area contributed by atoms with Crippen molar-refractivity contribution in [2.75, 3.05) is 6.54 Å². The molecule has 2 aliphatic rings. The third-order valence-corrected chi connectivity index (χ3v) is 6.04. The summed E-state index contributed by atoms with van der Waals surface area (Å²) in [4.78, 5) is 15.0. The molecule has 0 spiro atoms. The fourth-order valence-corrected chi connectivity index (χ4v) is 4.02. The van der Waals surface area contributed by atoms with E-state index < -0.39 is 5.60 Å². The van der Waals surface area contributed by atoms with Gasteiger partial charge in [0.1, 0.15) is 23.0 Å². The Morgan fingerprint density at radius 1 is 1.00 bits per heavy atom. The van der Waals surface area contributed by atoms with E-state index in [1.165, 1.54) is 11.1 Å². The first-order chi connectivity index (χ1) is 15.4. The van der Waals surface area contributed by atoms with E-state index in [2.05, 4.69) is 12.1 Å². The van der Waals surface area contributed by atoms with Crippen LogP contribution in [0.3, 0.4) is 0 Å². The topological polar surface area (TPSA) is 59.0 Å². The van der Waals surface area contributed by atoms with E-state index in [1.54, 1.807) is 12.1 Å². The van der Waals surface area contributed by atoms with Crippen LogP contribution in [0.5, 0.6) is 17.2 Å². The summed E-state index contributed by atoms with van der Waals surface area (Å²) in [5.41, 5.74) is 3.34. The lowest BCUT2D eigenvalue weighted by Crippen LogP contribution is -2.35. The van der Waals surface area contributed by atoms with Crippen molar-refractivity contribution < 1.29 is 19.4 Å². The van der Waals surface area contributed by atoms with Gasteiger partial charge in [0.2, 0.25) is 0 Å². The van der Waals surface area contributed by atoms with Crippen LogP contribution in [-0.2, 0) is 13.0 Å². The molecule has 0 bridgehead atoms. The Bertz CT molecular complexity index is 1230. The lowest BCUT2D eigenvalue weighted by molar-refractivity contribution is 0.0734. The monoisotopic (exact) mass is 427 g/mol. The van der Waals surface area contributed by atoms with Crippen molar-refractivity contribution >= 4 is 5.91 Å². The number of rotatable bonds is 5. The average molecular weight is 428 g/mol. The van der Waals surface area contributed by atoms with E-state index in [-0.39, 0.29) is 11.7 Å². The molecule has 0 saturated carbocycles. The van der Waals surface area contributed by atoms with Crippen LogP contribution < -0.4 is 9.47 Å². The first-order valence-electron chi connectivity index (χ1n) is 10.8. The summed E-state index contributed by atoms with van der Waals surface area (Å²) in [5.74, 6) is 2.21. The molecule has 1 amide bonds. The maximum absolute atomic E-state index is 13.1. The standard InChI is InChI=1S/C27H25NO4/c1-18-14-23(10-11-24(18)32-27(2)16-25(27)29)31-22-9-5-8-20(15-22)26(30)28-13-12-19-6-3-4-7-21(19)17-28/h3-11,14-16,29H,12-13,17H2,1-2H3. The number of hydrogen-bond acceptors (Lipinski definition) is 4. The summed E-state index contributed by atoms with van der Waals surface area (Å²) >= 11 is 0. The summed E-state index contributed by atoms with van der Waals surface area (Å²) in [6, 6.07) is 21.1. The minimum absolute atomic E-state index is 0.00914. The first kappa shape index (κ1) is 20.2. The molecule has 1 aliphatic heterocycles. The summed E-state index contributed by atoms with van der Waals surface area (Å²) in [7, 11) is 0. The second-order valence-corrected chi connectivity index (χ2v) is 8.54. The Kier molecular flexibility index (Phi) is 4.89. The van der Waals surface area contributed by atoms with Crippen molar-refractivity contribution in [2.45, 2.75) is 32.4 Å². The Morgan fingerprint density at radius 2 is 1.75 bits per heavy atom. The van der Waals surface area contributed by atoms with Crippen LogP contribution in [0.1, 0.15) is 34.0 Å². The fourth-order valence-electron chi connectivity index (χ4n) is 4.02. The third kappa shape index (κ3) is 3.94. The number of hydrogen-bond donors (Lipinski definition) is 1. The van der Waals surface area contributed by atoms with Gasteiger partial charge in [-0.15, -0.1) is 0 Å². The van der Waals surface area contributed by atoms with Crippen LogP contribution >= 0.6 is 0 Å². The molecule has 1 unspecified atom stereocenters. The van der Waals surface area contributed by atoms with Crippen LogP contribution in [0.2, 0.25) is 0 Å². The summed E-state index contributed by atoms with van der Waals surface area (Å²) < 4.78 is 11.9. The first-order valence-corrected chi connectivity index (χ1v) is 10.8. The van der Waals surface area contributed by atoms with Gasteiger partial charge in [-0.2, -0.15) is 0 Å². The van der Waals surface area contributed by atoms with Gasteiger partial charge in [-0.1, -0.05) is 30.3 Å². The lowest BCUT2D eigenvalue weighted by atomic mass is 9.99. The molecule has 5 heteroatoms. The zero-order valence-corrected chi connectivity index (χ0v) is 18.2. The highest BCUT2D eigenvalue weighted by molar-refractivity contribution is 5.94. The van der Waals surface area contributed by atoms with E-state index in [0.29, 0.717) is 35.9 Å². The van der Waals surface area contributed by atoms with E-state index in [4.69, 9.17) is 9.47 Å². The van der Waals surface area contributed by atoms with Crippen LogP contribution in [0.4, 0.5) is 0 Å². The maximum atomic E-state index is 13.1. The summed E-state index contributed by atoms with van der Waals surface area (Å²) in [6.07, 6.45) is 2.54. The SMILES string of the molecule is Cc1cc(Oc2cccc(C(=O)N3CCc4ccccc4C3)c2)ccc1OC1(C)C=C1O. The van der Waals surface area contributed by atoms with Crippen LogP contribution in [-0.4, -0.2) is 28.1 Å². The van der Waals surface area contributed by atoms with Crippen molar-refractivity contribution in [3.05, 3.63) is 101 Å². The number of carbonyl (C=O) groups is 1. The third-order valence-electron chi connectivity index (χ3n) is 6.04. The molecule has 5 rings (SSSR count). The number of amides is 1. The van der Waals surface area contributed by atoms with Gasteiger partial charge in [0, 0.05) is 24.7 Å². The molecule has 0 saturated heterocycles. The molecule has 1 atom stereocenters. The number of benzene rings is 3. The van der Waals surface area contributed by atoms with Gasteiger partial charge < -0.3 is 19.5 Å². The molecule has 3 aromatic rings. The second-order valence-electron chi connectivity index (χ2n) is 8.54. The molecular formula is C27H25NO4. The van der Waals surface area contributed by atoms with Crippen LogP contribution in [0.15, 0.2) is 78.6 Å². The molecule has 5 nitrogen and oxygen atoms in total. The van der Waals surface area contributed by atoms with E-state index in [9.17, 15) is 9.90 Å². The second kappa shape index (κ2) is 7.75. The van der Waals surface area contributed by atoms with Gasteiger partial charge in [-0.3, -0.25) is 4.79 Å². The predicted molar refractivity (Wildman–Crippen MR) is 122 cm³/mol. The molecule has 0 radical (unpaired) electrons. The van der Waals surface area contributed by atoms with E-state index in [1.807, 2.05) is 67.3 Å². The highest BCUT2D eigenvalue weighted by Crippen LogP contribution is 2.38. The molecule has 0 fully saturated rings. The Labute approximate surface area is 187 Å². The lowest BCUT2D eigenvalue weighted by Gasteiger charge is -2.29. The van der Waals surface area contributed by atoms with Gasteiger partial charge in [0.15, 0.2) is 5.60 Å². The van der Waals surface area contributed by atoms with Gasteiger partial charge in [-0.05, 0) is 73.4 Å². The van der Waals surface area contributed by atoms with Gasteiger partial charge >= 0.3 is 0 Å². The number of aryl methyl sites for hydroxylation is 1. The predicted octanol–water partition coefficient (Wildman–Crippen LogP) is 5.58. The van der Waals surface area contributed by atoms with Gasteiger partial charge in [0.25, 0.3) is 5.91 Å². The number of ether oxygens (including phenoxy) is 2. The van der Waals surface area contributed by atoms with E-state index in [0.717, 1.165) is 12.0 Å². The number of nitrogens with zero attached hydrogens (tertiary/aromatic N) is 1. The molecular weight excluding hydrogens is 402 g/mol. The number of carbonyl (C=O) groups excluding carboxylic acids is 1. The highest BCUT2D eigenvalue weighted by atomic mass is 16.5. The largest absolute Gasteiger partial charge is 0.508 e. The van der Waals surface area contributed by atoms with Crippen molar-refractivity contribution in [2.24, 2.45) is 0 Å². The molecule has 1 aliphatic carbocycles. The summed E-state index contributed by atoms with van der Waals surface area (Å²) in [5, 5.41) is 9.58. The zero-order valence-electron chi connectivity index (χ0n) is 18.2. The minimum atomic E-state index is -0.698. The van der Waals surface area contributed by atoms with Crippen LogP contribution in [0.25, 0.3) is 0 Å². The quantitative estimate of drug-likeness (QED) is 0.578. The number of fused-ring (bicyclic) bond motifs is 1. The number of aliphatic hydroxyl groups excluding tert-OH is 1. The van der Waals surface area contributed by atoms with Gasteiger partial charge in [0.05, 0.1) is 0 Å². The molecule has 162 valence electrons. The minimum Gasteiger partial charge on any atom is -0.508 e. The van der Waals surface area contributed by atoms with E-state index >= 15 is 0 Å². The molecule has 1 N–H and O–H groups in total. The van der Waals surface area contributed by atoms with Crippen LogP contribution in [0, 0.1) is 6.92 Å². The normalized spacial score (nSPS) is 19.1.